The van der Waals surface area contributed by atoms with Gasteiger partial charge in [-0.3, -0.25) is 4.68 Å². The standard InChI is InChI=1S/C26H15F20N7/c27-18(28,20(32,33)21(34,35)22(36,37)23(38,39)24(40,41)25(42,43)26(44,45)46)6-7-52-9-12(49-51-52)10-53-17-15(16(47)50-53)13(19(29,30)31)8-14(48-17)11-4-2-1-3-5-11/h1-5,8-9H,6-7,10H2,(H2,47,50). The van der Waals surface area contributed by atoms with Gasteiger partial charge >= 0.3 is 53.8 Å². The van der Waals surface area contributed by atoms with Crippen molar-refractivity contribution in [2.75, 3.05) is 5.73 Å². The summed E-state index contributed by atoms with van der Waals surface area (Å²) in [7, 11) is 0. The number of aryl methyl sites for hydroxylation is 1. The summed E-state index contributed by atoms with van der Waals surface area (Å²) in [4.78, 5) is 4.09. The highest BCUT2D eigenvalue weighted by molar-refractivity contribution is 5.92. The number of fused-ring (bicyclic) bond motifs is 1. The molecule has 53 heavy (non-hydrogen) atoms. The molecule has 3 aromatic heterocycles. The van der Waals surface area contributed by atoms with Crippen LogP contribution in [0.5, 0.6) is 0 Å². The monoisotopic (exact) mass is 805 g/mol. The number of anilines is 1. The Hall–Kier alpha value is -4.62. The fraction of sp³-hybridized carbons (Fsp3) is 0.462. The van der Waals surface area contributed by atoms with E-state index < -0.39 is 101 Å². The second-order valence-electron chi connectivity index (χ2n) is 11.0. The summed E-state index contributed by atoms with van der Waals surface area (Å²) in [5, 5.41) is 9.42. The highest BCUT2D eigenvalue weighted by Crippen LogP contribution is 2.64. The molecule has 0 unspecified atom stereocenters. The minimum Gasteiger partial charge on any atom is -0.382 e. The lowest BCUT2D eigenvalue weighted by atomic mass is 9.88. The molecule has 294 valence electrons. The normalized spacial score (nSPS) is 14.7. The maximum atomic E-state index is 14.4. The third-order valence-corrected chi connectivity index (χ3v) is 7.44. The second kappa shape index (κ2) is 12.5. The lowest BCUT2D eigenvalue weighted by molar-refractivity contribution is -0.461. The van der Waals surface area contributed by atoms with E-state index in [0.29, 0.717) is 16.9 Å². The Bertz CT molecular complexity index is 1940. The van der Waals surface area contributed by atoms with E-state index in [0.717, 1.165) is 0 Å². The number of aromatic nitrogens is 6. The van der Waals surface area contributed by atoms with Crippen LogP contribution >= 0.6 is 0 Å². The average molecular weight is 805 g/mol. The Morgan fingerprint density at radius 1 is 0.642 bits per heavy atom. The van der Waals surface area contributed by atoms with Crippen LogP contribution in [0, 0.1) is 0 Å². The van der Waals surface area contributed by atoms with E-state index in [4.69, 9.17) is 5.73 Å². The molecule has 0 saturated heterocycles. The maximum absolute atomic E-state index is 14.4. The van der Waals surface area contributed by atoms with Crippen LogP contribution in [-0.4, -0.2) is 77.4 Å². The Labute approximate surface area is 279 Å². The fourth-order valence-corrected chi connectivity index (χ4v) is 4.57. The highest BCUT2D eigenvalue weighted by atomic mass is 19.4. The maximum Gasteiger partial charge on any atom is 0.460 e. The van der Waals surface area contributed by atoms with Gasteiger partial charge < -0.3 is 5.73 Å². The summed E-state index contributed by atoms with van der Waals surface area (Å²) in [6.45, 7) is -2.56. The zero-order chi connectivity index (χ0) is 40.6. The molecule has 0 aliphatic heterocycles. The first-order valence-corrected chi connectivity index (χ1v) is 13.7. The Morgan fingerprint density at radius 3 is 1.66 bits per heavy atom. The zero-order valence-corrected chi connectivity index (χ0v) is 25.0. The van der Waals surface area contributed by atoms with Gasteiger partial charge in [0.1, 0.15) is 5.69 Å². The molecule has 0 radical (unpaired) electrons. The first-order valence-electron chi connectivity index (χ1n) is 13.7. The van der Waals surface area contributed by atoms with Crippen LogP contribution in [0.4, 0.5) is 93.6 Å². The van der Waals surface area contributed by atoms with Gasteiger partial charge in [0.2, 0.25) is 0 Å². The number of nitrogens with two attached hydrogens (primary N) is 1. The van der Waals surface area contributed by atoms with Gasteiger partial charge in [-0.15, -0.1) is 5.10 Å². The van der Waals surface area contributed by atoms with E-state index in [1.807, 2.05) is 0 Å². The molecular formula is C26H15F20N7. The minimum atomic E-state index is -8.75. The van der Waals surface area contributed by atoms with Crippen LogP contribution < -0.4 is 5.73 Å². The van der Waals surface area contributed by atoms with Crippen molar-refractivity contribution < 1.29 is 87.8 Å². The fourth-order valence-electron chi connectivity index (χ4n) is 4.57. The Morgan fingerprint density at radius 2 is 1.15 bits per heavy atom. The number of benzene rings is 1. The van der Waals surface area contributed by atoms with E-state index in [2.05, 4.69) is 20.4 Å². The van der Waals surface area contributed by atoms with Gasteiger partial charge in [-0.2, -0.15) is 92.9 Å². The lowest BCUT2D eigenvalue weighted by Gasteiger charge is -2.42. The number of nitrogen functional groups attached to an aromatic ring is 1. The van der Waals surface area contributed by atoms with Gasteiger partial charge in [0.15, 0.2) is 11.5 Å². The molecule has 0 spiro atoms. The summed E-state index contributed by atoms with van der Waals surface area (Å²) in [6, 6.07) is 7.86. The van der Waals surface area contributed by atoms with Crippen molar-refractivity contribution in [2.45, 2.75) is 73.3 Å². The number of rotatable bonds is 12. The van der Waals surface area contributed by atoms with E-state index in [1.165, 1.54) is 30.3 Å². The molecule has 2 N–H and O–H groups in total. The quantitative estimate of drug-likeness (QED) is 0.145. The van der Waals surface area contributed by atoms with Crippen molar-refractivity contribution in [2.24, 2.45) is 0 Å². The van der Waals surface area contributed by atoms with E-state index >= 15 is 0 Å². The molecule has 0 atom stereocenters. The summed E-state index contributed by atoms with van der Waals surface area (Å²) < 4.78 is 273. The van der Waals surface area contributed by atoms with Gasteiger partial charge in [-0.1, -0.05) is 35.5 Å². The molecule has 0 fully saturated rings. The second-order valence-corrected chi connectivity index (χ2v) is 11.0. The van der Waals surface area contributed by atoms with Crippen molar-refractivity contribution in [1.29, 1.82) is 0 Å². The van der Waals surface area contributed by atoms with Crippen LogP contribution in [-0.2, 0) is 19.3 Å². The van der Waals surface area contributed by atoms with Crippen LogP contribution in [0.25, 0.3) is 22.3 Å². The van der Waals surface area contributed by atoms with E-state index in [-0.39, 0.29) is 15.9 Å². The minimum absolute atomic E-state index is 0.0846. The van der Waals surface area contributed by atoms with Crippen molar-refractivity contribution in [1.82, 2.24) is 29.8 Å². The molecule has 0 aliphatic rings. The molecule has 4 rings (SSSR count). The largest absolute Gasteiger partial charge is 0.460 e. The Kier molecular flexibility index (Phi) is 9.69. The Balaban J connectivity index is 1.61. The third kappa shape index (κ3) is 6.41. The van der Waals surface area contributed by atoms with Crippen LogP contribution in [0.15, 0.2) is 42.6 Å². The highest BCUT2D eigenvalue weighted by Gasteiger charge is 2.95. The third-order valence-electron chi connectivity index (χ3n) is 7.44. The van der Waals surface area contributed by atoms with Crippen LogP contribution in [0.3, 0.4) is 0 Å². The molecular weight excluding hydrogens is 790 g/mol. The van der Waals surface area contributed by atoms with Gasteiger partial charge in [0.25, 0.3) is 0 Å². The summed E-state index contributed by atoms with van der Waals surface area (Å²) in [5.41, 5.74) is 3.23. The van der Waals surface area contributed by atoms with Crippen LogP contribution in [0.2, 0.25) is 0 Å². The van der Waals surface area contributed by atoms with E-state index in [1.54, 1.807) is 0 Å². The summed E-state index contributed by atoms with van der Waals surface area (Å²) in [5.74, 6) is -58.1. The number of pyridine rings is 1. The predicted molar refractivity (Wildman–Crippen MR) is 137 cm³/mol. The molecule has 4 aromatic rings. The molecule has 0 amide bonds. The van der Waals surface area contributed by atoms with Crippen molar-refractivity contribution in [3.05, 3.63) is 53.9 Å². The molecule has 27 heteroatoms. The van der Waals surface area contributed by atoms with Gasteiger partial charge in [-0.25, -0.2) is 9.67 Å². The predicted octanol–water partition coefficient (Wildman–Crippen LogP) is 8.74. The number of hydrogen-bond acceptors (Lipinski definition) is 5. The van der Waals surface area contributed by atoms with Gasteiger partial charge in [0, 0.05) is 18.5 Å². The first kappa shape index (κ1) is 41.1. The molecule has 3 heterocycles. The smallest absolute Gasteiger partial charge is 0.382 e. The molecule has 7 nitrogen and oxygen atoms in total. The van der Waals surface area contributed by atoms with Crippen molar-refractivity contribution in [3.63, 3.8) is 0 Å². The SMILES string of the molecule is Nc1nn(Cc2cn(CCC(F)(F)C(F)(F)C(F)(F)C(F)(F)C(F)(F)C(F)(F)C(F)(F)C(F)(F)F)nn2)c2nc(-c3ccccc3)cc(C(F)(F)F)c12. The molecule has 0 bridgehead atoms. The summed E-state index contributed by atoms with van der Waals surface area (Å²) in [6.07, 6.45) is -15.2. The van der Waals surface area contributed by atoms with Crippen molar-refractivity contribution >= 4 is 16.9 Å². The number of alkyl halides is 20. The number of halogens is 20. The van der Waals surface area contributed by atoms with Crippen LogP contribution in [0.1, 0.15) is 17.7 Å². The first-order chi connectivity index (χ1) is 23.8. The summed E-state index contributed by atoms with van der Waals surface area (Å²) >= 11 is 0. The molecule has 1 aromatic carbocycles. The topological polar surface area (TPSA) is 87.4 Å². The average Bonchev–Trinajstić information content (AvgIpc) is 3.61. The molecule has 0 saturated carbocycles. The van der Waals surface area contributed by atoms with Gasteiger partial charge in [0.05, 0.1) is 29.4 Å². The molecule has 0 aliphatic carbocycles. The lowest BCUT2D eigenvalue weighted by Crippen LogP contribution is -2.74. The zero-order valence-electron chi connectivity index (χ0n) is 25.0. The number of nitrogens with zero attached hydrogens (tertiary/aromatic N) is 6. The van der Waals surface area contributed by atoms with Crippen molar-refractivity contribution in [3.8, 4) is 11.3 Å². The van der Waals surface area contributed by atoms with E-state index in [9.17, 15) is 87.8 Å². The number of hydrogen-bond donors (Lipinski definition) is 1. The van der Waals surface area contributed by atoms with Gasteiger partial charge in [-0.05, 0) is 6.07 Å².